The SMILES string of the molecule is CC(C)(O)Cn1cc(-c2ccncc2)c(-c2ccc(OCc3ccc4ccccc4n3)cc2)n1. The van der Waals surface area contributed by atoms with Crippen molar-refractivity contribution in [2.24, 2.45) is 0 Å². The smallest absolute Gasteiger partial charge is 0.130 e. The standard InChI is InChI=1S/C28H26N4O2/c1-28(2,33)19-32-17-25(20-13-15-29-16-14-20)27(31-32)22-8-11-24(12-9-22)34-18-23-10-7-21-5-3-4-6-26(21)30-23/h3-17,33H,18-19H2,1-2H3. The Morgan fingerprint density at radius 1 is 0.882 bits per heavy atom. The maximum absolute atomic E-state index is 10.3. The Kier molecular flexibility index (Phi) is 5.82. The van der Waals surface area contributed by atoms with Gasteiger partial charge >= 0.3 is 0 Å². The third kappa shape index (κ3) is 4.97. The number of para-hydroxylation sites is 1. The van der Waals surface area contributed by atoms with Crippen LogP contribution in [-0.2, 0) is 13.2 Å². The molecule has 5 aromatic rings. The fourth-order valence-corrected chi connectivity index (χ4v) is 3.91. The van der Waals surface area contributed by atoms with E-state index in [-0.39, 0.29) is 0 Å². The molecule has 170 valence electrons. The van der Waals surface area contributed by atoms with Gasteiger partial charge in [0.25, 0.3) is 0 Å². The van der Waals surface area contributed by atoms with Crippen LogP contribution in [0.3, 0.4) is 0 Å². The second kappa shape index (κ2) is 9.08. The van der Waals surface area contributed by atoms with Crippen LogP contribution in [-0.4, -0.2) is 30.5 Å². The van der Waals surface area contributed by atoms with Crippen LogP contribution in [0.2, 0.25) is 0 Å². The van der Waals surface area contributed by atoms with E-state index >= 15 is 0 Å². The number of hydrogen-bond donors (Lipinski definition) is 1. The number of pyridine rings is 2. The zero-order valence-corrected chi connectivity index (χ0v) is 19.2. The van der Waals surface area contributed by atoms with Gasteiger partial charge in [-0.05, 0) is 67.9 Å². The summed E-state index contributed by atoms with van der Waals surface area (Å²) in [4.78, 5) is 8.79. The summed E-state index contributed by atoms with van der Waals surface area (Å²) >= 11 is 0. The number of aliphatic hydroxyl groups is 1. The van der Waals surface area contributed by atoms with Gasteiger partial charge in [0.15, 0.2) is 0 Å². The number of ether oxygens (including phenoxy) is 1. The molecule has 0 spiro atoms. The van der Waals surface area contributed by atoms with Gasteiger partial charge in [-0.15, -0.1) is 0 Å². The number of fused-ring (bicyclic) bond motifs is 1. The quantitative estimate of drug-likeness (QED) is 0.354. The van der Waals surface area contributed by atoms with Gasteiger partial charge in [0.1, 0.15) is 18.1 Å². The number of benzene rings is 2. The second-order valence-corrected chi connectivity index (χ2v) is 8.95. The largest absolute Gasteiger partial charge is 0.487 e. The minimum atomic E-state index is -0.868. The minimum absolute atomic E-state index is 0.394. The van der Waals surface area contributed by atoms with Crippen LogP contribution in [0.25, 0.3) is 33.3 Å². The van der Waals surface area contributed by atoms with Gasteiger partial charge in [-0.3, -0.25) is 9.67 Å². The van der Waals surface area contributed by atoms with Gasteiger partial charge in [0.2, 0.25) is 0 Å². The topological polar surface area (TPSA) is 73.1 Å². The average Bonchev–Trinajstić information content (AvgIpc) is 3.25. The van der Waals surface area contributed by atoms with Crippen LogP contribution in [0.5, 0.6) is 5.75 Å². The lowest BCUT2D eigenvalue weighted by molar-refractivity contribution is 0.0578. The fraction of sp³-hybridized carbons (Fsp3) is 0.179. The van der Waals surface area contributed by atoms with Gasteiger partial charge < -0.3 is 9.84 Å². The van der Waals surface area contributed by atoms with Crippen LogP contribution in [0.4, 0.5) is 0 Å². The molecule has 3 aromatic heterocycles. The molecule has 3 heterocycles. The Balaban J connectivity index is 1.37. The Morgan fingerprint density at radius 3 is 2.41 bits per heavy atom. The number of aromatic nitrogens is 4. The van der Waals surface area contributed by atoms with E-state index in [4.69, 9.17) is 9.84 Å². The van der Waals surface area contributed by atoms with Crippen LogP contribution >= 0.6 is 0 Å². The molecule has 0 unspecified atom stereocenters. The molecule has 0 atom stereocenters. The molecule has 0 aliphatic carbocycles. The Bertz CT molecular complexity index is 1400. The molecule has 0 saturated heterocycles. The summed E-state index contributed by atoms with van der Waals surface area (Å²) in [6, 6.07) is 23.9. The summed E-state index contributed by atoms with van der Waals surface area (Å²) in [7, 11) is 0. The van der Waals surface area contributed by atoms with Gasteiger partial charge in [-0.1, -0.05) is 24.3 Å². The van der Waals surface area contributed by atoms with Crippen LogP contribution in [0.1, 0.15) is 19.5 Å². The van der Waals surface area contributed by atoms with E-state index in [0.717, 1.165) is 44.7 Å². The molecule has 0 aliphatic heterocycles. The highest BCUT2D eigenvalue weighted by molar-refractivity contribution is 5.80. The predicted molar refractivity (Wildman–Crippen MR) is 133 cm³/mol. The van der Waals surface area contributed by atoms with Gasteiger partial charge in [-0.2, -0.15) is 5.10 Å². The first-order valence-corrected chi connectivity index (χ1v) is 11.2. The summed E-state index contributed by atoms with van der Waals surface area (Å²) in [5, 5.41) is 16.2. The second-order valence-electron chi connectivity index (χ2n) is 8.95. The molecule has 6 heteroatoms. The van der Waals surface area contributed by atoms with Crippen molar-refractivity contribution in [3.63, 3.8) is 0 Å². The van der Waals surface area contributed by atoms with E-state index in [1.807, 2.05) is 66.9 Å². The highest BCUT2D eigenvalue weighted by Gasteiger charge is 2.18. The maximum atomic E-state index is 10.3. The third-order valence-corrected chi connectivity index (χ3v) is 5.47. The van der Waals surface area contributed by atoms with Gasteiger partial charge in [0.05, 0.1) is 23.4 Å². The summed E-state index contributed by atoms with van der Waals surface area (Å²) in [5.41, 5.74) is 4.80. The van der Waals surface area contributed by atoms with Crippen molar-refractivity contribution >= 4 is 10.9 Å². The first-order chi connectivity index (χ1) is 16.4. The van der Waals surface area contributed by atoms with Crippen LogP contribution < -0.4 is 4.74 Å². The molecule has 0 bridgehead atoms. The van der Waals surface area contributed by atoms with E-state index in [0.29, 0.717) is 13.2 Å². The van der Waals surface area contributed by atoms with Crippen LogP contribution in [0.15, 0.2) is 91.4 Å². The van der Waals surface area contributed by atoms with Crippen molar-refractivity contribution in [1.29, 1.82) is 0 Å². The lowest BCUT2D eigenvalue weighted by Gasteiger charge is -2.16. The van der Waals surface area contributed by atoms with E-state index < -0.39 is 5.60 Å². The molecule has 5 rings (SSSR count). The van der Waals surface area contributed by atoms with Gasteiger partial charge in [-0.25, -0.2) is 4.98 Å². The normalized spacial score (nSPS) is 11.6. The maximum Gasteiger partial charge on any atom is 0.130 e. The molecule has 6 nitrogen and oxygen atoms in total. The monoisotopic (exact) mass is 450 g/mol. The molecular formula is C28H26N4O2. The minimum Gasteiger partial charge on any atom is -0.487 e. The van der Waals surface area contributed by atoms with E-state index in [9.17, 15) is 5.11 Å². The molecular weight excluding hydrogens is 424 g/mol. The van der Waals surface area contributed by atoms with E-state index in [1.54, 1.807) is 30.9 Å². The third-order valence-electron chi connectivity index (χ3n) is 5.47. The lowest BCUT2D eigenvalue weighted by Crippen LogP contribution is -2.26. The zero-order valence-electron chi connectivity index (χ0n) is 19.2. The van der Waals surface area contributed by atoms with Crippen molar-refractivity contribution in [2.75, 3.05) is 0 Å². The molecule has 0 fully saturated rings. The summed E-state index contributed by atoms with van der Waals surface area (Å²) in [5.74, 6) is 0.764. The molecule has 0 aliphatic rings. The van der Waals surface area contributed by atoms with Gasteiger partial charge in [0, 0.05) is 35.1 Å². The molecule has 34 heavy (non-hydrogen) atoms. The van der Waals surface area contributed by atoms with Crippen molar-refractivity contribution in [3.05, 3.63) is 97.1 Å². The molecule has 0 saturated carbocycles. The lowest BCUT2D eigenvalue weighted by atomic mass is 10.0. The predicted octanol–water partition coefficient (Wildman–Crippen LogP) is 5.51. The zero-order chi connectivity index (χ0) is 23.5. The van der Waals surface area contributed by atoms with Crippen molar-refractivity contribution in [2.45, 2.75) is 32.6 Å². The number of nitrogens with zero attached hydrogens (tertiary/aromatic N) is 4. The molecule has 1 N–H and O–H groups in total. The van der Waals surface area contributed by atoms with Crippen molar-refractivity contribution < 1.29 is 9.84 Å². The first-order valence-electron chi connectivity index (χ1n) is 11.2. The Morgan fingerprint density at radius 2 is 1.65 bits per heavy atom. The Labute approximate surface area is 198 Å². The molecule has 0 radical (unpaired) electrons. The van der Waals surface area contributed by atoms with Crippen molar-refractivity contribution in [1.82, 2.24) is 19.7 Å². The summed E-state index contributed by atoms with van der Waals surface area (Å²) < 4.78 is 7.78. The van der Waals surface area contributed by atoms with E-state index in [1.165, 1.54) is 0 Å². The number of rotatable bonds is 7. The molecule has 0 amide bonds. The highest BCUT2D eigenvalue weighted by Crippen LogP contribution is 2.32. The molecule has 2 aromatic carbocycles. The fourth-order valence-electron chi connectivity index (χ4n) is 3.91. The van der Waals surface area contributed by atoms with E-state index in [2.05, 4.69) is 22.1 Å². The van der Waals surface area contributed by atoms with Crippen molar-refractivity contribution in [3.8, 4) is 28.1 Å². The van der Waals surface area contributed by atoms with Crippen LogP contribution in [0, 0.1) is 0 Å². The Hall–Kier alpha value is -4.03. The average molecular weight is 451 g/mol. The summed E-state index contributed by atoms with van der Waals surface area (Å²) in [6.07, 6.45) is 5.51. The first kappa shape index (κ1) is 21.8. The summed E-state index contributed by atoms with van der Waals surface area (Å²) in [6.45, 7) is 4.34. The highest BCUT2D eigenvalue weighted by atomic mass is 16.5. The number of hydrogen-bond acceptors (Lipinski definition) is 5.